The third kappa shape index (κ3) is 1.39. The monoisotopic (exact) mass is 169 g/mol. The van der Waals surface area contributed by atoms with Crippen LogP contribution in [0.25, 0.3) is 0 Å². The zero-order chi connectivity index (χ0) is 8.39. The summed E-state index contributed by atoms with van der Waals surface area (Å²) in [5.74, 6) is 0.992. The molecule has 0 spiro atoms. The molecule has 0 saturated carbocycles. The maximum Gasteiger partial charge on any atom is 0.194 e. The number of nitrogens with one attached hydrogen (secondary N) is 1. The first kappa shape index (κ1) is 7.86. The van der Waals surface area contributed by atoms with Gasteiger partial charge in [-0.2, -0.15) is 0 Å². The molecule has 2 N–H and O–H groups in total. The van der Waals surface area contributed by atoms with E-state index in [9.17, 15) is 0 Å². The first-order chi connectivity index (χ1) is 5.90. The molecule has 1 atom stereocenters. The summed E-state index contributed by atoms with van der Waals surface area (Å²) >= 11 is 0. The number of fused-ring (bicyclic) bond motifs is 1. The second-order valence-corrected chi connectivity index (χ2v) is 3.36. The molecular formula is C8H15N3O. The smallest absolute Gasteiger partial charge is 0.194 e. The van der Waals surface area contributed by atoms with Crippen LogP contribution in [0, 0.1) is 0 Å². The van der Waals surface area contributed by atoms with Gasteiger partial charge in [0.15, 0.2) is 5.96 Å². The predicted molar refractivity (Wildman–Crippen MR) is 47.1 cm³/mol. The molecule has 2 rings (SSSR count). The van der Waals surface area contributed by atoms with Crippen LogP contribution >= 0.6 is 0 Å². The van der Waals surface area contributed by atoms with Gasteiger partial charge in [-0.1, -0.05) is 0 Å². The molecule has 0 aliphatic carbocycles. The van der Waals surface area contributed by atoms with Gasteiger partial charge >= 0.3 is 0 Å². The zero-order valence-corrected chi connectivity index (χ0v) is 7.16. The fourth-order valence-electron chi connectivity index (χ4n) is 1.71. The Labute approximate surface area is 72.3 Å². The Morgan fingerprint density at radius 3 is 3.33 bits per heavy atom. The molecule has 4 nitrogen and oxygen atoms in total. The quantitative estimate of drug-likeness (QED) is 0.551. The molecule has 1 fully saturated rings. The third-order valence-corrected chi connectivity index (χ3v) is 2.45. The van der Waals surface area contributed by atoms with Crippen molar-refractivity contribution in [1.29, 1.82) is 0 Å². The first-order valence-electron chi connectivity index (χ1n) is 4.57. The topological polar surface area (TPSA) is 47.9 Å². The summed E-state index contributed by atoms with van der Waals surface area (Å²) in [6.07, 6.45) is 2.19. The standard InChI is InChI=1S/C8H15N3O/c12-6-7-2-5-11-4-1-3-9-8(11)10-7/h7,12H,1-6H2,(H,9,10). The van der Waals surface area contributed by atoms with Gasteiger partial charge in [-0.15, -0.1) is 0 Å². The highest BCUT2D eigenvalue weighted by atomic mass is 16.3. The van der Waals surface area contributed by atoms with Gasteiger partial charge in [0.25, 0.3) is 0 Å². The predicted octanol–water partition coefficient (Wildman–Crippen LogP) is -0.598. The van der Waals surface area contributed by atoms with Gasteiger partial charge < -0.3 is 15.3 Å². The number of hydrogen-bond acceptors (Lipinski definition) is 4. The summed E-state index contributed by atoms with van der Waals surface area (Å²) in [5, 5.41) is 12.2. The van der Waals surface area contributed by atoms with Crippen molar-refractivity contribution in [3.63, 3.8) is 0 Å². The second kappa shape index (κ2) is 3.31. The largest absolute Gasteiger partial charge is 0.394 e. The van der Waals surface area contributed by atoms with Gasteiger partial charge in [-0.3, -0.25) is 4.99 Å². The number of aliphatic hydroxyl groups is 1. The van der Waals surface area contributed by atoms with Crippen molar-refractivity contribution in [3.05, 3.63) is 0 Å². The lowest BCUT2D eigenvalue weighted by molar-refractivity contribution is 0.213. The maximum atomic E-state index is 8.95. The minimum absolute atomic E-state index is 0.215. The van der Waals surface area contributed by atoms with E-state index in [-0.39, 0.29) is 12.6 Å². The van der Waals surface area contributed by atoms with E-state index in [2.05, 4.69) is 15.2 Å². The molecular weight excluding hydrogens is 154 g/mol. The van der Waals surface area contributed by atoms with Crippen LogP contribution in [0.15, 0.2) is 4.99 Å². The van der Waals surface area contributed by atoms with E-state index in [4.69, 9.17) is 5.11 Å². The summed E-state index contributed by atoms with van der Waals surface area (Å²) in [4.78, 5) is 6.63. The van der Waals surface area contributed by atoms with Crippen molar-refractivity contribution < 1.29 is 5.11 Å². The molecule has 0 amide bonds. The average molecular weight is 169 g/mol. The van der Waals surface area contributed by atoms with Gasteiger partial charge in [0, 0.05) is 19.6 Å². The molecule has 12 heavy (non-hydrogen) atoms. The van der Waals surface area contributed by atoms with Crippen LogP contribution in [-0.4, -0.2) is 48.2 Å². The molecule has 0 aromatic carbocycles. The Balaban J connectivity index is 2.01. The van der Waals surface area contributed by atoms with Gasteiger partial charge in [0.05, 0.1) is 12.6 Å². The number of aliphatic imine (C=N–C) groups is 1. The second-order valence-electron chi connectivity index (χ2n) is 3.36. The van der Waals surface area contributed by atoms with Crippen molar-refractivity contribution in [2.24, 2.45) is 4.99 Å². The number of guanidine groups is 1. The van der Waals surface area contributed by atoms with Crippen LogP contribution in [0.3, 0.4) is 0 Å². The number of hydrogen-bond donors (Lipinski definition) is 2. The maximum absolute atomic E-state index is 8.95. The Bertz CT molecular complexity index is 193. The number of rotatable bonds is 1. The van der Waals surface area contributed by atoms with Crippen molar-refractivity contribution in [1.82, 2.24) is 10.2 Å². The van der Waals surface area contributed by atoms with Crippen LogP contribution in [-0.2, 0) is 0 Å². The first-order valence-corrected chi connectivity index (χ1v) is 4.57. The van der Waals surface area contributed by atoms with E-state index in [1.54, 1.807) is 0 Å². The van der Waals surface area contributed by atoms with Crippen molar-refractivity contribution >= 4 is 5.96 Å². The highest BCUT2D eigenvalue weighted by Crippen LogP contribution is 2.09. The average Bonchev–Trinajstić information content (AvgIpc) is 2.17. The molecule has 0 aromatic heterocycles. The molecule has 0 bridgehead atoms. The highest BCUT2D eigenvalue weighted by molar-refractivity contribution is 5.81. The summed E-state index contributed by atoms with van der Waals surface area (Å²) in [5.41, 5.74) is 0. The molecule has 0 radical (unpaired) electrons. The van der Waals surface area contributed by atoms with Crippen molar-refractivity contribution in [2.75, 3.05) is 26.2 Å². The van der Waals surface area contributed by atoms with E-state index >= 15 is 0 Å². The van der Waals surface area contributed by atoms with E-state index in [1.807, 2.05) is 0 Å². The SMILES string of the molecule is OCC1CCN2CCCN=C2N1. The summed E-state index contributed by atoms with van der Waals surface area (Å²) in [6, 6.07) is 0.220. The van der Waals surface area contributed by atoms with Crippen LogP contribution in [0.2, 0.25) is 0 Å². The zero-order valence-electron chi connectivity index (χ0n) is 7.16. The van der Waals surface area contributed by atoms with E-state index in [1.165, 1.54) is 0 Å². The van der Waals surface area contributed by atoms with Crippen LogP contribution in [0.4, 0.5) is 0 Å². The number of nitrogens with zero attached hydrogens (tertiary/aromatic N) is 2. The van der Waals surface area contributed by atoms with Crippen molar-refractivity contribution in [3.8, 4) is 0 Å². The van der Waals surface area contributed by atoms with Gasteiger partial charge in [-0.05, 0) is 12.8 Å². The molecule has 0 aromatic rings. The van der Waals surface area contributed by atoms with E-state index < -0.39 is 0 Å². The lowest BCUT2D eigenvalue weighted by Crippen LogP contribution is -2.55. The molecule has 1 unspecified atom stereocenters. The molecule has 2 aliphatic heterocycles. The number of aliphatic hydroxyl groups excluding tert-OH is 1. The van der Waals surface area contributed by atoms with Crippen LogP contribution in [0.5, 0.6) is 0 Å². The molecule has 2 heterocycles. The molecule has 1 saturated heterocycles. The fraction of sp³-hybridized carbons (Fsp3) is 0.875. The highest BCUT2D eigenvalue weighted by Gasteiger charge is 2.23. The minimum atomic E-state index is 0.215. The third-order valence-electron chi connectivity index (χ3n) is 2.45. The molecule has 4 heteroatoms. The van der Waals surface area contributed by atoms with Gasteiger partial charge in [0.2, 0.25) is 0 Å². The summed E-state index contributed by atoms with van der Waals surface area (Å²) in [7, 11) is 0. The van der Waals surface area contributed by atoms with E-state index in [0.29, 0.717) is 0 Å². The lowest BCUT2D eigenvalue weighted by Gasteiger charge is -2.37. The summed E-state index contributed by atoms with van der Waals surface area (Å²) < 4.78 is 0. The van der Waals surface area contributed by atoms with Gasteiger partial charge in [-0.25, -0.2) is 0 Å². The van der Waals surface area contributed by atoms with Gasteiger partial charge in [0.1, 0.15) is 0 Å². The normalized spacial score (nSPS) is 28.9. The van der Waals surface area contributed by atoms with Crippen molar-refractivity contribution in [2.45, 2.75) is 18.9 Å². The molecule has 2 aliphatic rings. The summed E-state index contributed by atoms with van der Waals surface area (Å²) in [6.45, 7) is 3.30. The Hall–Kier alpha value is -0.770. The Morgan fingerprint density at radius 2 is 2.50 bits per heavy atom. The van der Waals surface area contributed by atoms with Crippen LogP contribution in [0.1, 0.15) is 12.8 Å². The lowest BCUT2D eigenvalue weighted by atomic mass is 10.1. The van der Waals surface area contributed by atoms with Crippen LogP contribution < -0.4 is 5.32 Å². The Morgan fingerprint density at radius 1 is 1.58 bits per heavy atom. The fourth-order valence-corrected chi connectivity index (χ4v) is 1.71. The Kier molecular flexibility index (Phi) is 2.17. The van der Waals surface area contributed by atoms with E-state index in [0.717, 1.165) is 38.4 Å². The molecule has 68 valence electrons. The minimum Gasteiger partial charge on any atom is -0.394 e.